The Hall–Kier alpha value is -2.54. The number of hydrogen-bond donors (Lipinski definition) is 1. The smallest absolute Gasteiger partial charge is 0.222 e. The van der Waals surface area contributed by atoms with E-state index < -0.39 is 0 Å². The van der Waals surface area contributed by atoms with Gasteiger partial charge < -0.3 is 5.32 Å². The first-order valence-electron chi connectivity index (χ1n) is 7.22. The van der Waals surface area contributed by atoms with Gasteiger partial charge in [-0.3, -0.25) is 9.36 Å². The molecule has 0 saturated heterocycles. The van der Waals surface area contributed by atoms with Gasteiger partial charge in [-0.2, -0.15) is 5.26 Å². The molecular weight excluding hydrogens is 262 g/mol. The van der Waals surface area contributed by atoms with Crippen molar-refractivity contribution >= 4 is 11.7 Å². The fraction of sp³-hybridized carbons (Fsp3) is 0.294. The van der Waals surface area contributed by atoms with Gasteiger partial charge in [-0.1, -0.05) is 18.2 Å². The number of amides is 1. The highest BCUT2D eigenvalue weighted by Gasteiger charge is 2.25. The lowest BCUT2D eigenvalue weighted by Crippen LogP contribution is -2.13. The van der Waals surface area contributed by atoms with Crippen molar-refractivity contribution in [3.63, 3.8) is 0 Å². The Morgan fingerprint density at radius 3 is 2.62 bits per heavy atom. The van der Waals surface area contributed by atoms with Crippen LogP contribution in [0.2, 0.25) is 0 Å². The Kier molecular flexibility index (Phi) is 3.49. The minimum atomic E-state index is -0.154. The van der Waals surface area contributed by atoms with Gasteiger partial charge in [0.1, 0.15) is 11.9 Å². The van der Waals surface area contributed by atoms with Crippen LogP contribution in [-0.4, -0.2) is 10.5 Å². The first kappa shape index (κ1) is 13.4. The van der Waals surface area contributed by atoms with Gasteiger partial charge in [-0.25, -0.2) is 0 Å². The van der Waals surface area contributed by atoms with Crippen LogP contribution in [0.5, 0.6) is 0 Å². The third-order valence-corrected chi connectivity index (χ3v) is 3.89. The van der Waals surface area contributed by atoms with Crippen molar-refractivity contribution < 1.29 is 4.79 Å². The van der Waals surface area contributed by atoms with Gasteiger partial charge in [0.05, 0.1) is 5.56 Å². The zero-order valence-electron chi connectivity index (χ0n) is 12.0. The van der Waals surface area contributed by atoms with Crippen molar-refractivity contribution in [2.24, 2.45) is 0 Å². The van der Waals surface area contributed by atoms with E-state index in [1.165, 1.54) is 6.92 Å². The molecule has 21 heavy (non-hydrogen) atoms. The van der Waals surface area contributed by atoms with Crippen molar-refractivity contribution in [1.82, 2.24) is 4.57 Å². The Morgan fingerprint density at radius 2 is 1.95 bits per heavy atom. The van der Waals surface area contributed by atoms with Crippen molar-refractivity contribution in [1.29, 1.82) is 5.26 Å². The lowest BCUT2D eigenvalue weighted by molar-refractivity contribution is -0.114. The zero-order valence-corrected chi connectivity index (χ0v) is 12.0. The second-order valence-electron chi connectivity index (χ2n) is 5.32. The van der Waals surface area contributed by atoms with Crippen LogP contribution < -0.4 is 5.32 Å². The molecular formula is C17H17N3O. The fourth-order valence-corrected chi connectivity index (χ4v) is 3.06. The molecule has 1 amide bonds. The number of nitriles is 1. The van der Waals surface area contributed by atoms with E-state index in [4.69, 9.17) is 0 Å². The first-order valence-corrected chi connectivity index (χ1v) is 7.22. The maximum Gasteiger partial charge on any atom is 0.222 e. The lowest BCUT2D eigenvalue weighted by Gasteiger charge is -2.16. The summed E-state index contributed by atoms with van der Waals surface area (Å²) in [6.45, 7) is 1.47. The van der Waals surface area contributed by atoms with E-state index >= 15 is 0 Å². The molecule has 4 heteroatoms. The van der Waals surface area contributed by atoms with Crippen LogP contribution in [0, 0.1) is 11.3 Å². The number of benzene rings is 1. The van der Waals surface area contributed by atoms with Crippen LogP contribution in [-0.2, 0) is 17.6 Å². The summed E-state index contributed by atoms with van der Waals surface area (Å²) >= 11 is 0. The third-order valence-electron chi connectivity index (χ3n) is 3.89. The van der Waals surface area contributed by atoms with Crippen LogP contribution in [0.3, 0.4) is 0 Å². The van der Waals surface area contributed by atoms with Crippen molar-refractivity contribution in [3.8, 4) is 11.8 Å². The van der Waals surface area contributed by atoms with E-state index in [2.05, 4.69) is 11.4 Å². The Bertz CT molecular complexity index is 723. The van der Waals surface area contributed by atoms with Gasteiger partial charge in [0.2, 0.25) is 5.91 Å². The number of anilines is 1. The quantitative estimate of drug-likeness (QED) is 0.917. The highest BCUT2D eigenvalue weighted by molar-refractivity contribution is 5.90. The molecule has 0 bridgehead atoms. The average molecular weight is 279 g/mol. The summed E-state index contributed by atoms with van der Waals surface area (Å²) in [5.74, 6) is 0.460. The highest BCUT2D eigenvalue weighted by atomic mass is 16.1. The Morgan fingerprint density at radius 1 is 1.24 bits per heavy atom. The number of aromatic nitrogens is 1. The zero-order chi connectivity index (χ0) is 14.8. The van der Waals surface area contributed by atoms with Gasteiger partial charge >= 0.3 is 0 Å². The summed E-state index contributed by atoms with van der Waals surface area (Å²) in [6, 6.07) is 12.2. The minimum Gasteiger partial charge on any atom is -0.311 e. The fourth-order valence-electron chi connectivity index (χ4n) is 3.06. The molecule has 106 valence electrons. The van der Waals surface area contributed by atoms with Crippen LogP contribution in [0.1, 0.15) is 36.6 Å². The highest BCUT2D eigenvalue weighted by Crippen LogP contribution is 2.35. The van der Waals surface area contributed by atoms with Gasteiger partial charge in [-0.05, 0) is 43.4 Å². The largest absolute Gasteiger partial charge is 0.311 e. The van der Waals surface area contributed by atoms with E-state index in [1.54, 1.807) is 0 Å². The number of para-hydroxylation sites is 1. The second kappa shape index (κ2) is 5.45. The molecule has 0 radical (unpaired) electrons. The molecule has 0 unspecified atom stereocenters. The van der Waals surface area contributed by atoms with Crippen molar-refractivity contribution in [2.75, 3.05) is 5.32 Å². The van der Waals surface area contributed by atoms with Gasteiger partial charge in [0.25, 0.3) is 0 Å². The van der Waals surface area contributed by atoms with Crippen LogP contribution in [0.4, 0.5) is 5.82 Å². The van der Waals surface area contributed by atoms with E-state index in [0.29, 0.717) is 11.4 Å². The molecule has 1 aromatic heterocycles. The molecule has 4 nitrogen and oxygen atoms in total. The summed E-state index contributed by atoms with van der Waals surface area (Å²) in [4.78, 5) is 11.5. The first-order chi connectivity index (χ1) is 10.2. The normalized spacial score (nSPS) is 13.3. The molecule has 1 aromatic carbocycles. The minimum absolute atomic E-state index is 0.154. The van der Waals surface area contributed by atoms with Crippen molar-refractivity contribution in [3.05, 3.63) is 47.2 Å². The summed E-state index contributed by atoms with van der Waals surface area (Å²) in [6.07, 6.45) is 4.07. The summed E-state index contributed by atoms with van der Waals surface area (Å²) in [5.41, 5.74) is 3.86. The molecule has 0 atom stereocenters. The maximum atomic E-state index is 11.5. The molecule has 1 aliphatic carbocycles. The molecule has 0 fully saturated rings. The molecule has 3 rings (SSSR count). The summed E-state index contributed by atoms with van der Waals surface area (Å²) in [5, 5.41) is 12.4. The van der Waals surface area contributed by atoms with E-state index in [-0.39, 0.29) is 5.91 Å². The molecule has 2 aromatic rings. The molecule has 1 heterocycles. The number of rotatable bonds is 2. The number of carbonyl (C=O) groups excluding carboxylic acids is 1. The van der Waals surface area contributed by atoms with E-state index in [9.17, 15) is 10.1 Å². The number of fused-ring (bicyclic) bond motifs is 1. The van der Waals surface area contributed by atoms with Crippen LogP contribution >= 0.6 is 0 Å². The van der Waals surface area contributed by atoms with Crippen LogP contribution in [0.15, 0.2) is 30.3 Å². The third kappa shape index (κ3) is 2.31. The average Bonchev–Trinajstić information content (AvgIpc) is 2.80. The molecule has 0 saturated carbocycles. The summed E-state index contributed by atoms with van der Waals surface area (Å²) in [7, 11) is 0. The number of hydrogen-bond acceptors (Lipinski definition) is 2. The van der Waals surface area contributed by atoms with Crippen molar-refractivity contribution in [2.45, 2.75) is 32.6 Å². The van der Waals surface area contributed by atoms with E-state index in [0.717, 1.165) is 42.6 Å². The molecule has 0 spiro atoms. The Labute approximate surface area is 124 Å². The molecule has 1 aliphatic rings. The monoisotopic (exact) mass is 279 g/mol. The number of nitrogens with zero attached hydrogens (tertiary/aromatic N) is 2. The maximum absolute atomic E-state index is 11.5. The van der Waals surface area contributed by atoms with E-state index in [1.807, 2.05) is 34.9 Å². The predicted octanol–water partition coefficient (Wildman–Crippen LogP) is 3.19. The predicted molar refractivity (Wildman–Crippen MR) is 81.4 cm³/mol. The summed E-state index contributed by atoms with van der Waals surface area (Å²) < 4.78 is 2.04. The Balaban J connectivity index is 2.28. The van der Waals surface area contributed by atoms with Gasteiger partial charge in [0, 0.05) is 18.3 Å². The standard InChI is InChI=1S/C17H17N3O/c1-12(21)19-17-15(11-18)14-9-5-6-10-16(14)20(17)13-7-3-2-4-8-13/h2-4,7-8H,5-6,9-10H2,1H3,(H,19,21). The lowest BCUT2D eigenvalue weighted by atomic mass is 9.95. The number of carbonyl (C=O) groups is 1. The van der Waals surface area contributed by atoms with Gasteiger partial charge in [0.15, 0.2) is 0 Å². The SMILES string of the molecule is CC(=O)Nc1c(C#N)c2c(n1-c1ccccc1)CCCC2. The topological polar surface area (TPSA) is 57.8 Å². The number of nitrogens with one attached hydrogen (secondary N) is 1. The molecule has 0 aliphatic heterocycles. The van der Waals surface area contributed by atoms with Gasteiger partial charge in [-0.15, -0.1) is 0 Å². The van der Waals surface area contributed by atoms with Crippen LogP contribution in [0.25, 0.3) is 5.69 Å². The second-order valence-corrected chi connectivity index (χ2v) is 5.32. The molecule has 1 N–H and O–H groups in total.